The van der Waals surface area contributed by atoms with Crippen LogP contribution >= 0.6 is 0 Å². The Kier molecular flexibility index (Phi) is 5.37. The predicted octanol–water partition coefficient (Wildman–Crippen LogP) is 1.92. The van der Waals surface area contributed by atoms with Gasteiger partial charge in [-0.1, -0.05) is 18.2 Å². The quantitative estimate of drug-likeness (QED) is 0.377. The van der Waals surface area contributed by atoms with E-state index in [4.69, 9.17) is 20.7 Å². The molecule has 0 aliphatic carbocycles. The summed E-state index contributed by atoms with van der Waals surface area (Å²) in [5.74, 6) is 1.03. The lowest BCUT2D eigenvalue weighted by atomic mass is 10.2. The highest BCUT2D eigenvalue weighted by atomic mass is 16.7. The summed E-state index contributed by atoms with van der Waals surface area (Å²) >= 11 is 0. The zero-order valence-corrected chi connectivity index (χ0v) is 15.2. The maximum absolute atomic E-state index is 12.3. The Hall–Kier alpha value is -3.39. The minimum atomic E-state index is -0.228. The van der Waals surface area contributed by atoms with Crippen molar-refractivity contribution in [3.63, 3.8) is 0 Å². The van der Waals surface area contributed by atoms with Crippen molar-refractivity contribution >= 4 is 22.8 Å². The molecule has 140 valence electrons. The zero-order valence-electron chi connectivity index (χ0n) is 15.2. The number of nitrogens with one attached hydrogen (secondary N) is 1. The monoisotopic (exact) mass is 367 g/mol. The van der Waals surface area contributed by atoms with Crippen LogP contribution in [-0.2, 0) is 22.8 Å². The molecule has 3 aromatic rings. The van der Waals surface area contributed by atoms with Gasteiger partial charge in [0.15, 0.2) is 0 Å². The molecule has 0 spiro atoms. The van der Waals surface area contributed by atoms with Gasteiger partial charge >= 0.3 is 0 Å². The van der Waals surface area contributed by atoms with Crippen LogP contribution < -0.4 is 10.5 Å². The molecule has 1 heterocycles. The lowest BCUT2D eigenvalue weighted by Gasteiger charge is -2.16. The van der Waals surface area contributed by atoms with Gasteiger partial charge in [-0.25, -0.2) is 10.0 Å². The molecule has 0 atom stereocenters. The van der Waals surface area contributed by atoms with Crippen molar-refractivity contribution in [1.29, 1.82) is 5.41 Å². The first-order chi connectivity index (χ1) is 13.0. The molecule has 0 aliphatic rings. The Bertz CT molecular complexity index is 968. The number of amides is 1. The van der Waals surface area contributed by atoms with E-state index in [-0.39, 0.29) is 24.9 Å². The molecular weight excluding hydrogens is 346 g/mol. The number of hydroxylamine groups is 2. The van der Waals surface area contributed by atoms with Gasteiger partial charge in [0.1, 0.15) is 30.6 Å². The summed E-state index contributed by atoms with van der Waals surface area (Å²) in [5.41, 5.74) is 7.54. The van der Waals surface area contributed by atoms with E-state index in [2.05, 4.69) is 4.98 Å². The Labute approximate surface area is 156 Å². The molecular formula is C19H21N5O3. The number of carbonyl (C=O) groups is 1. The Balaban J connectivity index is 1.96. The Morgan fingerprint density at radius 3 is 2.67 bits per heavy atom. The normalized spacial score (nSPS) is 10.7. The van der Waals surface area contributed by atoms with Crippen LogP contribution in [-0.4, -0.2) is 40.5 Å². The SMILES string of the molecule is CON(C)C(=O)Cn1c(COc2ccccc2)nc2cc(C(=N)N)ccc21. The molecule has 0 bridgehead atoms. The number of ether oxygens (including phenoxy) is 1. The standard InChI is InChI=1S/C19H21N5O3/c1-23(26-2)18(25)11-24-16-9-8-13(19(20)21)10-15(16)22-17(24)12-27-14-6-4-3-5-7-14/h3-10H,11-12H2,1-2H3,(H3,20,21). The molecule has 0 aliphatic heterocycles. The van der Waals surface area contributed by atoms with E-state index >= 15 is 0 Å². The van der Waals surface area contributed by atoms with Gasteiger partial charge in [-0.05, 0) is 30.3 Å². The Morgan fingerprint density at radius 2 is 2.00 bits per heavy atom. The van der Waals surface area contributed by atoms with Gasteiger partial charge < -0.3 is 15.0 Å². The molecule has 8 nitrogen and oxygen atoms in total. The summed E-state index contributed by atoms with van der Waals surface area (Å²) < 4.78 is 7.58. The second-order valence-electron chi connectivity index (χ2n) is 5.91. The van der Waals surface area contributed by atoms with Gasteiger partial charge in [0.05, 0.1) is 18.1 Å². The number of para-hydroxylation sites is 1. The second-order valence-corrected chi connectivity index (χ2v) is 5.91. The first-order valence-corrected chi connectivity index (χ1v) is 8.31. The third-order valence-corrected chi connectivity index (χ3v) is 4.17. The van der Waals surface area contributed by atoms with E-state index in [0.717, 1.165) is 10.6 Å². The number of benzene rings is 2. The lowest BCUT2D eigenvalue weighted by molar-refractivity contribution is -0.169. The molecule has 0 saturated heterocycles. The molecule has 27 heavy (non-hydrogen) atoms. The van der Waals surface area contributed by atoms with Gasteiger partial charge in [0.2, 0.25) is 0 Å². The first-order valence-electron chi connectivity index (χ1n) is 8.31. The molecule has 1 amide bonds. The van der Waals surface area contributed by atoms with E-state index < -0.39 is 0 Å². The number of nitrogens with zero attached hydrogens (tertiary/aromatic N) is 3. The van der Waals surface area contributed by atoms with Crippen molar-refractivity contribution in [1.82, 2.24) is 14.6 Å². The topological polar surface area (TPSA) is 106 Å². The maximum Gasteiger partial charge on any atom is 0.265 e. The second kappa shape index (κ2) is 7.88. The largest absolute Gasteiger partial charge is 0.486 e. The molecule has 1 aromatic heterocycles. The number of carbonyl (C=O) groups excluding carboxylic acids is 1. The summed E-state index contributed by atoms with van der Waals surface area (Å²) in [6.45, 7) is 0.242. The van der Waals surface area contributed by atoms with Crippen molar-refractivity contribution in [2.45, 2.75) is 13.2 Å². The van der Waals surface area contributed by atoms with E-state index in [1.165, 1.54) is 7.11 Å². The van der Waals surface area contributed by atoms with E-state index in [1.807, 2.05) is 30.3 Å². The van der Waals surface area contributed by atoms with Gasteiger partial charge in [-0.3, -0.25) is 15.0 Å². The number of nitrogen functional groups attached to an aromatic ring is 1. The van der Waals surface area contributed by atoms with Gasteiger partial charge in [-0.15, -0.1) is 0 Å². The average molecular weight is 367 g/mol. The smallest absolute Gasteiger partial charge is 0.265 e. The fraction of sp³-hybridized carbons (Fsp3) is 0.211. The Morgan fingerprint density at radius 1 is 1.26 bits per heavy atom. The fourth-order valence-electron chi connectivity index (χ4n) is 2.64. The van der Waals surface area contributed by atoms with Crippen molar-refractivity contribution in [3.8, 4) is 5.75 Å². The van der Waals surface area contributed by atoms with Crippen molar-refractivity contribution in [2.75, 3.05) is 14.2 Å². The number of hydrogen-bond acceptors (Lipinski definition) is 5. The van der Waals surface area contributed by atoms with Crippen LogP contribution in [0.15, 0.2) is 48.5 Å². The van der Waals surface area contributed by atoms with E-state index in [1.54, 1.807) is 29.8 Å². The number of rotatable bonds is 7. The van der Waals surface area contributed by atoms with Gasteiger partial charge in [0.25, 0.3) is 5.91 Å². The summed E-state index contributed by atoms with van der Waals surface area (Å²) in [4.78, 5) is 21.9. The highest BCUT2D eigenvalue weighted by Crippen LogP contribution is 2.20. The van der Waals surface area contributed by atoms with Crippen LogP contribution in [0.3, 0.4) is 0 Å². The highest BCUT2D eigenvalue weighted by Gasteiger charge is 2.17. The predicted molar refractivity (Wildman–Crippen MR) is 101 cm³/mol. The van der Waals surface area contributed by atoms with E-state index in [9.17, 15) is 4.79 Å². The minimum absolute atomic E-state index is 0.0382. The molecule has 0 saturated carbocycles. The van der Waals surface area contributed by atoms with Gasteiger partial charge in [-0.2, -0.15) is 0 Å². The van der Waals surface area contributed by atoms with Crippen molar-refractivity contribution in [2.24, 2.45) is 5.73 Å². The summed E-state index contributed by atoms with van der Waals surface area (Å²) in [5, 5.41) is 8.76. The summed E-state index contributed by atoms with van der Waals surface area (Å²) in [6, 6.07) is 14.6. The molecule has 2 aromatic carbocycles. The lowest BCUT2D eigenvalue weighted by Crippen LogP contribution is -2.29. The first kappa shape index (κ1) is 18.4. The summed E-state index contributed by atoms with van der Waals surface area (Å²) in [7, 11) is 2.98. The molecule has 0 unspecified atom stereocenters. The average Bonchev–Trinajstić information content (AvgIpc) is 3.03. The van der Waals surface area contributed by atoms with Gasteiger partial charge in [0, 0.05) is 12.6 Å². The summed E-state index contributed by atoms with van der Waals surface area (Å²) in [6.07, 6.45) is 0. The van der Waals surface area contributed by atoms with E-state index in [0.29, 0.717) is 22.7 Å². The van der Waals surface area contributed by atoms with Crippen LogP contribution in [0.4, 0.5) is 0 Å². The van der Waals surface area contributed by atoms with Crippen LogP contribution in [0.2, 0.25) is 0 Å². The third-order valence-electron chi connectivity index (χ3n) is 4.17. The number of imidazole rings is 1. The molecule has 8 heteroatoms. The van der Waals surface area contributed by atoms with Crippen LogP contribution in [0.1, 0.15) is 11.4 Å². The number of fused-ring (bicyclic) bond motifs is 1. The third kappa shape index (κ3) is 4.06. The van der Waals surface area contributed by atoms with Crippen LogP contribution in [0.5, 0.6) is 5.75 Å². The number of hydrogen-bond donors (Lipinski definition) is 2. The molecule has 3 rings (SSSR count). The van der Waals surface area contributed by atoms with Crippen LogP contribution in [0.25, 0.3) is 11.0 Å². The fourth-order valence-corrected chi connectivity index (χ4v) is 2.64. The number of nitrogens with two attached hydrogens (primary N) is 1. The maximum atomic E-state index is 12.3. The molecule has 3 N–H and O–H groups in total. The molecule has 0 radical (unpaired) electrons. The minimum Gasteiger partial charge on any atom is -0.486 e. The molecule has 0 fully saturated rings. The number of likely N-dealkylation sites (N-methyl/N-ethyl adjacent to an activating group) is 1. The number of amidine groups is 1. The van der Waals surface area contributed by atoms with Crippen molar-refractivity contribution in [3.05, 3.63) is 59.9 Å². The van der Waals surface area contributed by atoms with Crippen LogP contribution in [0, 0.1) is 5.41 Å². The highest BCUT2D eigenvalue weighted by molar-refractivity contribution is 5.98. The zero-order chi connectivity index (χ0) is 19.4. The number of aromatic nitrogens is 2. The van der Waals surface area contributed by atoms with Crippen molar-refractivity contribution < 1.29 is 14.4 Å².